The van der Waals surface area contributed by atoms with Crippen LogP contribution in [0.2, 0.25) is 0 Å². The maximum Gasteiger partial charge on any atom is 0.337 e. The highest BCUT2D eigenvalue weighted by Gasteiger charge is 2.09. The fourth-order valence-electron chi connectivity index (χ4n) is 4.44. The van der Waals surface area contributed by atoms with Crippen LogP contribution < -0.4 is 0 Å². The Hall–Kier alpha value is -1.84. The SMILES string of the molecule is CCCCCCCCCCCCCCCCCCCc1nc2ccc(C(=O)OC)cc2[nH]1. The normalized spacial score (nSPS) is 11.3. The lowest BCUT2D eigenvalue weighted by Gasteiger charge is -2.03. The first-order chi connectivity index (χ1) is 15.7. The van der Waals surface area contributed by atoms with Crippen LogP contribution >= 0.6 is 0 Å². The van der Waals surface area contributed by atoms with Gasteiger partial charge in [0.25, 0.3) is 0 Å². The molecule has 0 saturated heterocycles. The number of hydrogen-bond donors (Lipinski definition) is 1. The summed E-state index contributed by atoms with van der Waals surface area (Å²) >= 11 is 0. The number of aromatic amines is 1. The molecule has 0 unspecified atom stereocenters. The Labute approximate surface area is 195 Å². The van der Waals surface area contributed by atoms with Crippen LogP contribution in [-0.2, 0) is 11.2 Å². The number of imidazole rings is 1. The number of fused-ring (bicyclic) bond motifs is 1. The van der Waals surface area contributed by atoms with E-state index in [1.54, 1.807) is 6.07 Å². The zero-order chi connectivity index (χ0) is 22.9. The van der Waals surface area contributed by atoms with Crippen LogP contribution in [0.25, 0.3) is 11.0 Å². The van der Waals surface area contributed by atoms with Crippen molar-refractivity contribution < 1.29 is 9.53 Å². The molecule has 4 heteroatoms. The molecule has 4 nitrogen and oxygen atoms in total. The maximum absolute atomic E-state index is 11.7. The number of aromatic nitrogens is 2. The van der Waals surface area contributed by atoms with Crippen molar-refractivity contribution in [2.75, 3.05) is 7.11 Å². The number of hydrogen-bond acceptors (Lipinski definition) is 3. The molecule has 0 aliphatic heterocycles. The lowest BCUT2D eigenvalue weighted by Crippen LogP contribution is -2.00. The van der Waals surface area contributed by atoms with E-state index < -0.39 is 0 Å². The lowest BCUT2D eigenvalue weighted by molar-refractivity contribution is 0.0601. The summed E-state index contributed by atoms with van der Waals surface area (Å²) in [6, 6.07) is 5.48. The fourth-order valence-corrected chi connectivity index (χ4v) is 4.44. The average molecular weight is 443 g/mol. The summed E-state index contributed by atoms with van der Waals surface area (Å²) in [5.41, 5.74) is 2.39. The van der Waals surface area contributed by atoms with Crippen molar-refractivity contribution in [3.8, 4) is 0 Å². The highest BCUT2D eigenvalue weighted by molar-refractivity contribution is 5.93. The summed E-state index contributed by atoms with van der Waals surface area (Å²) in [5, 5.41) is 0. The molecule has 0 amide bonds. The van der Waals surface area contributed by atoms with Gasteiger partial charge in [0, 0.05) is 6.42 Å². The van der Waals surface area contributed by atoms with Crippen molar-refractivity contribution >= 4 is 17.0 Å². The van der Waals surface area contributed by atoms with Crippen molar-refractivity contribution in [2.45, 2.75) is 122 Å². The van der Waals surface area contributed by atoms with Gasteiger partial charge in [-0.2, -0.15) is 0 Å². The molecule has 180 valence electrons. The summed E-state index contributed by atoms with van der Waals surface area (Å²) < 4.78 is 4.79. The predicted molar refractivity (Wildman–Crippen MR) is 135 cm³/mol. The zero-order valence-electron chi connectivity index (χ0n) is 20.7. The van der Waals surface area contributed by atoms with Gasteiger partial charge in [0.1, 0.15) is 5.82 Å². The fraction of sp³-hybridized carbons (Fsp3) is 0.714. The van der Waals surface area contributed by atoms with Crippen LogP contribution in [0.3, 0.4) is 0 Å². The Morgan fingerprint density at radius 3 is 1.78 bits per heavy atom. The number of rotatable bonds is 19. The number of methoxy groups -OCH3 is 1. The van der Waals surface area contributed by atoms with Crippen LogP contribution in [0.15, 0.2) is 18.2 Å². The number of ether oxygens (including phenoxy) is 1. The van der Waals surface area contributed by atoms with E-state index in [0.717, 1.165) is 23.3 Å². The highest BCUT2D eigenvalue weighted by atomic mass is 16.5. The first kappa shape index (κ1) is 26.4. The Bertz CT molecular complexity index is 753. The second-order valence-corrected chi connectivity index (χ2v) is 9.31. The number of benzene rings is 1. The summed E-state index contributed by atoms with van der Waals surface area (Å²) in [5.74, 6) is 0.708. The van der Waals surface area contributed by atoms with E-state index in [1.165, 1.54) is 116 Å². The first-order valence-electron chi connectivity index (χ1n) is 13.3. The molecule has 2 aromatic rings. The van der Waals surface area contributed by atoms with E-state index in [-0.39, 0.29) is 5.97 Å². The minimum atomic E-state index is -0.309. The highest BCUT2D eigenvalue weighted by Crippen LogP contribution is 2.17. The van der Waals surface area contributed by atoms with Gasteiger partial charge in [-0.15, -0.1) is 0 Å². The minimum Gasteiger partial charge on any atom is -0.465 e. The van der Waals surface area contributed by atoms with Crippen LogP contribution in [0.1, 0.15) is 132 Å². The van der Waals surface area contributed by atoms with E-state index >= 15 is 0 Å². The van der Waals surface area contributed by atoms with Crippen molar-refractivity contribution in [3.05, 3.63) is 29.6 Å². The molecule has 0 bridgehead atoms. The second-order valence-electron chi connectivity index (χ2n) is 9.31. The molecule has 1 aromatic carbocycles. The second kappa shape index (κ2) is 16.7. The van der Waals surface area contributed by atoms with E-state index in [4.69, 9.17) is 4.74 Å². The Kier molecular flexibility index (Phi) is 13.8. The van der Waals surface area contributed by atoms with E-state index in [2.05, 4.69) is 16.9 Å². The number of unbranched alkanes of at least 4 members (excludes halogenated alkanes) is 16. The van der Waals surface area contributed by atoms with Crippen LogP contribution in [-0.4, -0.2) is 23.0 Å². The molecule has 0 radical (unpaired) electrons. The molecule has 0 atom stereocenters. The molecular weight excluding hydrogens is 396 g/mol. The third kappa shape index (κ3) is 10.7. The third-order valence-corrected chi connectivity index (χ3v) is 6.47. The van der Waals surface area contributed by atoms with E-state index in [9.17, 15) is 4.79 Å². The van der Waals surface area contributed by atoms with Crippen molar-refractivity contribution in [2.24, 2.45) is 0 Å². The van der Waals surface area contributed by atoms with Gasteiger partial charge >= 0.3 is 5.97 Å². The van der Waals surface area contributed by atoms with E-state index in [1.807, 2.05) is 12.1 Å². The van der Waals surface area contributed by atoms with Crippen molar-refractivity contribution in [3.63, 3.8) is 0 Å². The predicted octanol–water partition coefficient (Wildman–Crippen LogP) is 8.54. The molecule has 0 saturated carbocycles. The molecular formula is C28H46N2O2. The summed E-state index contributed by atoms with van der Waals surface area (Å²) in [4.78, 5) is 19.6. The van der Waals surface area contributed by atoms with Crippen LogP contribution in [0.5, 0.6) is 0 Å². The Morgan fingerprint density at radius 2 is 1.28 bits per heavy atom. The number of nitrogens with zero attached hydrogens (tertiary/aromatic N) is 1. The standard InChI is InChI=1S/C28H46N2O2/c1-3-4-5-6-7-8-9-10-11-12-13-14-15-16-17-18-19-20-27-29-25-22-21-24(28(31)32-2)23-26(25)30-27/h21-23H,3-20H2,1-2H3,(H,29,30). The Morgan fingerprint density at radius 1 is 0.781 bits per heavy atom. The van der Waals surface area contributed by atoms with Gasteiger partial charge < -0.3 is 9.72 Å². The number of esters is 1. The molecule has 0 aliphatic carbocycles. The number of H-pyrrole nitrogens is 1. The van der Waals surface area contributed by atoms with Gasteiger partial charge in [0.05, 0.1) is 23.7 Å². The molecule has 1 heterocycles. The van der Waals surface area contributed by atoms with Gasteiger partial charge in [-0.05, 0) is 24.6 Å². The topological polar surface area (TPSA) is 55.0 Å². The largest absolute Gasteiger partial charge is 0.465 e. The lowest BCUT2D eigenvalue weighted by atomic mass is 10.0. The monoisotopic (exact) mass is 442 g/mol. The van der Waals surface area contributed by atoms with Gasteiger partial charge in [-0.3, -0.25) is 0 Å². The summed E-state index contributed by atoms with van der Waals surface area (Å²) in [6.45, 7) is 2.29. The average Bonchev–Trinajstić information content (AvgIpc) is 3.22. The molecule has 0 spiro atoms. The van der Waals surface area contributed by atoms with Gasteiger partial charge in [-0.25, -0.2) is 9.78 Å². The van der Waals surface area contributed by atoms with E-state index in [0.29, 0.717) is 5.56 Å². The third-order valence-electron chi connectivity index (χ3n) is 6.47. The van der Waals surface area contributed by atoms with Crippen LogP contribution in [0, 0.1) is 0 Å². The quantitative estimate of drug-likeness (QED) is 0.175. The molecule has 0 aliphatic rings. The summed E-state index contributed by atoms with van der Waals surface area (Å²) in [7, 11) is 1.41. The van der Waals surface area contributed by atoms with Crippen molar-refractivity contribution in [1.29, 1.82) is 0 Å². The zero-order valence-corrected chi connectivity index (χ0v) is 20.7. The Balaban J connectivity index is 1.41. The minimum absolute atomic E-state index is 0.309. The molecule has 1 aromatic heterocycles. The number of carbonyl (C=O) groups is 1. The smallest absolute Gasteiger partial charge is 0.337 e. The number of aryl methyl sites for hydroxylation is 1. The number of carbonyl (C=O) groups excluding carboxylic acids is 1. The van der Waals surface area contributed by atoms with Crippen molar-refractivity contribution in [1.82, 2.24) is 9.97 Å². The molecule has 0 fully saturated rings. The maximum atomic E-state index is 11.7. The molecule has 32 heavy (non-hydrogen) atoms. The van der Waals surface area contributed by atoms with Gasteiger partial charge in [-0.1, -0.05) is 110 Å². The molecule has 1 N–H and O–H groups in total. The van der Waals surface area contributed by atoms with Gasteiger partial charge in [0.2, 0.25) is 0 Å². The summed E-state index contributed by atoms with van der Waals surface area (Å²) in [6.07, 6.45) is 24.6. The molecule has 2 rings (SSSR count). The first-order valence-corrected chi connectivity index (χ1v) is 13.3. The van der Waals surface area contributed by atoms with Gasteiger partial charge in [0.15, 0.2) is 0 Å². The van der Waals surface area contributed by atoms with Crippen LogP contribution in [0.4, 0.5) is 0 Å². The number of nitrogens with one attached hydrogen (secondary N) is 1.